The molecule has 0 aliphatic carbocycles. The van der Waals surface area contributed by atoms with Crippen LogP contribution in [0.4, 0.5) is 11.4 Å². The first-order valence-electron chi connectivity index (χ1n) is 3.80. The first-order chi connectivity index (χ1) is 5.72. The number of hydrogen-bond acceptors (Lipinski definition) is 4. The summed E-state index contributed by atoms with van der Waals surface area (Å²) < 4.78 is 0. The zero-order valence-electron chi connectivity index (χ0n) is 6.83. The van der Waals surface area contributed by atoms with Gasteiger partial charge in [0.05, 0.1) is 6.17 Å². The minimum Gasteiger partial charge on any atom is -0.399 e. The van der Waals surface area contributed by atoms with E-state index in [9.17, 15) is 0 Å². The molecule has 1 unspecified atom stereocenters. The number of benzene rings is 1. The molecule has 1 atom stereocenters. The maximum atomic E-state index is 5.58. The van der Waals surface area contributed by atoms with Crippen LogP contribution in [0.15, 0.2) is 24.3 Å². The smallest absolute Gasteiger partial charge is 0.0868 e. The van der Waals surface area contributed by atoms with Crippen molar-refractivity contribution in [3.05, 3.63) is 24.3 Å². The van der Waals surface area contributed by atoms with Crippen LogP contribution in [0.1, 0.15) is 0 Å². The van der Waals surface area contributed by atoms with Crippen LogP contribution in [0.25, 0.3) is 0 Å². The van der Waals surface area contributed by atoms with Gasteiger partial charge in [0.25, 0.3) is 0 Å². The van der Waals surface area contributed by atoms with Crippen LogP contribution in [-0.2, 0) is 0 Å². The van der Waals surface area contributed by atoms with Crippen molar-refractivity contribution < 1.29 is 0 Å². The van der Waals surface area contributed by atoms with E-state index in [-0.39, 0.29) is 6.17 Å². The molecule has 66 valence electrons. The summed E-state index contributed by atoms with van der Waals surface area (Å²) in [6.07, 6.45) is -0.200. The van der Waals surface area contributed by atoms with Crippen molar-refractivity contribution in [2.75, 3.05) is 17.6 Å². The lowest BCUT2D eigenvalue weighted by molar-refractivity contribution is 0.768. The summed E-state index contributed by atoms with van der Waals surface area (Å²) in [6, 6.07) is 7.35. The predicted molar refractivity (Wildman–Crippen MR) is 51.5 cm³/mol. The van der Waals surface area contributed by atoms with E-state index in [1.807, 2.05) is 24.3 Å². The Morgan fingerprint density at radius 2 is 1.83 bits per heavy atom. The highest BCUT2D eigenvalue weighted by atomic mass is 15.0. The SMILES string of the molecule is NCC(N)Nc1ccc(N)cc1. The molecule has 0 saturated carbocycles. The average Bonchev–Trinajstić information content (AvgIpc) is 2.09. The summed E-state index contributed by atoms with van der Waals surface area (Å²) in [4.78, 5) is 0. The van der Waals surface area contributed by atoms with E-state index in [4.69, 9.17) is 17.2 Å². The third-order valence-electron chi connectivity index (χ3n) is 1.52. The number of hydrogen-bond donors (Lipinski definition) is 4. The fraction of sp³-hybridized carbons (Fsp3) is 0.250. The van der Waals surface area contributed by atoms with Crippen LogP contribution >= 0.6 is 0 Å². The molecule has 4 heteroatoms. The van der Waals surface area contributed by atoms with Gasteiger partial charge in [0, 0.05) is 17.9 Å². The highest BCUT2D eigenvalue weighted by molar-refractivity contribution is 5.51. The van der Waals surface area contributed by atoms with Crippen molar-refractivity contribution in [2.24, 2.45) is 11.5 Å². The Bertz CT molecular complexity index is 231. The van der Waals surface area contributed by atoms with Gasteiger partial charge in [0.15, 0.2) is 0 Å². The molecule has 0 heterocycles. The first kappa shape index (κ1) is 8.83. The monoisotopic (exact) mass is 166 g/mol. The molecule has 0 amide bonds. The number of rotatable bonds is 3. The molecular formula is C8H14N4. The average molecular weight is 166 g/mol. The van der Waals surface area contributed by atoms with Crippen LogP contribution in [0.5, 0.6) is 0 Å². The summed E-state index contributed by atoms with van der Waals surface area (Å²) in [6.45, 7) is 0.407. The second kappa shape index (κ2) is 3.94. The number of nitrogen functional groups attached to an aromatic ring is 1. The van der Waals surface area contributed by atoms with Gasteiger partial charge in [-0.3, -0.25) is 0 Å². The maximum absolute atomic E-state index is 5.58. The van der Waals surface area contributed by atoms with Crippen molar-refractivity contribution in [1.29, 1.82) is 0 Å². The molecule has 0 aliphatic rings. The zero-order valence-corrected chi connectivity index (χ0v) is 6.83. The van der Waals surface area contributed by atoms with Crippen LogP contribution in [0, 0.1) is 0 Å². The highest BCUT2D eigenvalue weighted by Crippen LogP contribution is 2.10. The normalized spacial score (nSPS) is 12.5. The second-order valence-corrected chi connectivity index (χ2v) is 2.61. The molecule has 1 aromatic rings. The van der Waals surface area contributed by atoms with E-state index in [0.29, 0.717) is 6.54 Å². The Labute approximate surface area is 71.7 Å². The Morgan fingerprint density at radius 1 is 1.25 bits per heavy atom. The van der Waals surface area contributed by atoms with Crippen LogP contribution in [-0.4, -0.2) is 12.7 Å². The maximum Gasteiger partial charge on any atom is 0.0868 e. The van der Waals surface area contributed by atoms with E-state index >= 15 is 0 Å². The van der Waals surface area contributed by atoms with Gasteiger partial charge in [-0.2, -0.15) is 0 Å². The molecule has 4 nitrogen and oxygen atoms in total. The van der Waals surface area contributed by atoms with Gasteiger partial charge in [-0.05, 0) is 24.3 Å². The molecule has 0 saturated heterocycles. The Morgan fingerprint density at radius 3 is 2.33 bits per heavy atom. The lowest BCUT2D eigenvalue weighted by Crippen LogP contribution is -2.37. The van der Waals surface area contributed by atoms with E-state index in [1.54, 1.807) is 0 Å². The Kier molecular flexibility index (Phi) is 2.90. The fourth-order valence-electron chi connectivity index (χ4n) is 0.852. The molecule has 0 fully saturated rings. The van der Waals surface area contributed by atoms with Gasteiger partial charge >= 0.3 is 0 Å². The van der Waals surface area contributed by atoms with Crippen molar-refractivity contribution in [1.82, 2.24) is 0 Å². The standard InChI is InChI=1S/C8H14N4/c9-5-8(11)12-7-3-1-6(10)2-4-7/h1-4,8,12H,5,9-11H2. The summed E-state index contributed by atoms with van der Waals surface area (Å²) in [5.41, 5.74) is 18.1. The third kappa shape index (κ3) is 2.41. The number of nitrogens with one attached hydrogen (secondary N) is 1. The molecule has 0 spiro atoms. The van der Waals surface area contributed by atoms with Crippen LogP contribution in [0.2, 0.25) is 0 Å². The quantitative estimate of drug-likeness (QED) is 0.373. The van der Waals surface area contributed by atoms with Crippen molar-refractivity contribution in [3.8, 4) is 0 Å². The zero-order chi connectivity index (χ0) is 8.97. The van der Waals surface area contributed by atoms with E-state index in [2.05, 4.69) is 5.32 Å². The van der Waals surface area contributed by atoms with Gasteiger partial charge in [-0.25, -0.2) is 0 Å². The number of nitrogens with two attached hydrogens (primary N) is 3. The summed E-state index contributed by atoms with van der Waals surface area (Å²) in [7, 11) is 0. The van der Waals surface area contributed by atoms with E-state index in [1.165, 1.54) is 0 Å². The largest absolute Gasteiger partial charge is 0.399 e. The third-order valence-corrected chi connectivity index (χ3v) is 1.52. The molecule has 1 aromatic carbocycles. The van der Waals surface area contributed by atoms with Crippen molar-refractivity contribution >= 4 is 11.4 Å². The molecule has 0 aliphatic heterocycles. The van der Waals surface area contributed by atoms with Crippen LogP contribution in [0.3, 0.4) is 0 Å². The molecule has 7 N–H and O–H groups in total. The molecule has 0 radical (unpaired) electrons. The highest BCUT2D eigenvalue weighted by Gasteiger charge is 1.97. The molecular weight excluding hydrogens is 152 g/mol. The van der Waals surface area contributed by atoms with Gasteiger partial charge < -0.3 is 22.5 Å². The molecule has 12 heavy (non-hydrogen) atoms. The minimum absolute atomic E-state index is 0.200. The van der Waals surface area contributed by atoms with Crippen molar-refractivity contribution in [2.45, 2.75) is 6.17 Å². The van der Waals surface area contributed by atoms with E-state index in [0.717, 1.165) is 11.4 Å². The summed E-state index contributed by atoms with van der Waals surface area (Å²) >= 11 is 0. The molecule has 0 aromatic heterocycles. The Balaban J connectivity index is 2.58. The van der Waals surface area contributed by atoms with Gasteiger partial charge in [0.1, 0.15) is 0 Å². The van der Waals surface area contributed by atoms with Crippen LogP contribution < -0.4 is 22.5 Å². The summed E-state index contributed by atoms with van der Waals surface area (Å²) in [5, 5.41) is 3.02. The predicted octanol–water partition coefficient (Wildman–Crippen LogP) is -0.0758. The lowest BCUT2D eigenvalue weighted by Gasteiger charge is -2.12. The molecule has 1 rings (SSSR count). The topological polar surface area (TPSA) is 90.1 Å². The minimum atomic E-state index is -0.200. The van der Waals surface area contributed by atoms with Gasteiger partial charge in [0.2, 0.25) is 0 Å². The first-order valence-corrected chi connectivity index (χ1v) is 3.80. The van der Waals surface area contributed by atoms with Gasteiger partial charge in [-0.15, -0.1) is 0 Å². The van der Waals surface area contributed by atoms with E-state index < -0.39 is 0 Å². The Hall–Kier alpha value is -1.26. The summed E-state index contributed by atoms with van der Waals surface area (Å²) in [5.74, 6) is 0. The lowest BCUT2D eigenvalue weighted by atomic mass is 10.3. The van der Waals surface area contributed by atoms with Gasteiger partial charge in [-0.1, -0.05) is 0 Å². The molecule has 0 bridgehead atoms. The number of anilines is 2. The van der Waals surface area contributed by atoms with Crippen molar-refractivity contribution in [3.63, 3.8) is 0 Å². The fourth-order valence-corrected chi connectivity index (χ4v) is 0.852. The second-order valence-electron chi connectivity index (χ2n) is 2.61.